The monoisotopic (exact) mass is 363 g/mol. The van der Waals surface area contributed by atoms with Crippen LogP contribution in [0.1, 0.15) is 29.8 Å². The normalized spacial score (nSPS) is 11.7. The third-order valence-electron chi connectivity index (χ3n) is 4.33. The first-order valence-electron chi connectivity index (χ1n) is 8.55. The van der Waals surface area contributed by atoms with Gasteiger partial charge >= 0.3 is 0 Å². The Bertz CT molecular complexity index is 992. The maximum Gasteiger partial charge on any atom is 0.247 e. The first-order chi connectivity index (χ1) is 13.0. The number of amides is 1. The van der Waals surface area contributed by atoms with E-state index in [9.17, 15) is 9.59 Å². The van der Waals surface area contributed by atoms with Crippen molar-refractivity contribution in [2.24, 2.45) is 0 Å². The van der Waals surface area contributed by atoms with Crippen molar-refractivity contribution in [3.63, 3.8) is 0 Å². The molecule has 1 atom stereocenters. The maximum atomic E-state index is 11.8. The van der Waals surface area contributed by atoms with Gasteiger partial charge in [0.1, 0.15) is 5.75 Å². The van der Waals surface area contributed by atoms with Crippen molar-refractivity contribution in [3.05, 3.63) is 82.0 Å². The summed E-state index contributed by atoms with van der Waals surface area (Å²) in [5, 5.41) is 2.97. The summed E-state index contributed by atoms with van der Waals surface area (Å²) in [6, 6.07) is 12.3. The molecule has 3 rings (SSSR count). The van der Waals surface area contributed by atoms with Crippen molar-refractivity contribution in [2.75, 3.05) is 7.11 Å². The van der Waals surface area contributed by atoms with Gasteiger partial charge in [-0.2, -0.15) is 0 Å². The summed E-state index contributed by atoms with van der Waals surface area (Å²) in [5.41, 5.74) is 4.16. The van der Waals surface area contributed by atoms with E-state index < -0.39 is 0 Å². The fourth-order valence-corrected chi connectivity index (χ4v) is 3.05. The maximum absolute atomic E-state index is 11.8. The number of methoxy groups -OCH3 is 1. The zero-order valence-electron chi connectivity index (χ0n) is 15.4. The Morgan fingerprint density at radius 1 is 1.22 bits per heavy atom. The number of nitrogens with zero attached hydrogens (tertiary/aromatic N) is 1. The predicted molar refractivity (Wildman–Crippen MR) is 104 cm³/mol. The number of carbonyl (C=O) groups is 1. The van der Waals surface area contributed by atoms with Crippen molar-refractivity contribution in [3.8, 4) is 16.9 Å². The molecule has 27 heavy (non-hydrogen) atoms. The van der Waals surface area contributed by atoms with E-state index in [2.05, 4.69) is 15.3 Å². The molecule has 0 saturated heterocycles. The average molecular weight is 363 g/mol. The molecule has 2 aromatic heterocycles. The molecule has 6 heteroatoms. The van der Waals surface area contributed by atoms with Crippen molar-refractivity contribution in [2.45, 2.75) is 19.9 Å². The van der Waals surface area contributed by atoms with Gasteiger partial charge in [0.2, 0.25) is 11.5 Å². The number of hydrogen-bond donors (Lipinski definition) is 2. The molecule has 3 aromatic rings. The van der Waals surface area contributed by atoms with Crippen molar-refractivity contribution in [1.82, 2.24) is 15.3 Å². The van der Waals surface area contributed by atoms with Crippen LogP contribution in [0.25, 0.3) is 11.1 Å². The standard InChI is InChI=1S/C21H21N3O3/c1-13-10-17(15-7-8-20(26)23-12-15)19(27-3)11-16(13)21(24-14(2)25)18-6-4-5-9-22-18/h4-12,21H,1-3H3,(H,23,26)(H,24,25). The molecule has 0 spiro atoms. The van der Waals surface area contributed by atoms with Crippen molar-refractivity contribution >= 4 is 5.91 Å². The summed E-state index contributed by atoms with van der Waals surface area (Å²) >= 11 is 0. The molecular formula is C21H21N3O3. The molecule has 0 saturated carbocycles. The van der Waals surface area contributed by atoms with E-state index in [4.69, 9.17) is 4.74 Å². The topological polar surface area (TPSA) is 84.1 Å². The third kappa shape index (κ3) is 4.06. The van der Waals surface area contributed by atoms with Gasteiger partial charge in [0.05, 0.1) is 18.8 Å². The van der Waals surface area contributed by atoms with E-state index >= 15 is 0 Å². The Morgan fingerprint density at radius 2 is 2.04 bits per heavy atom. The number of nitrogens with one attached hydrogen (secondary N) is 2. The van der Waals surface area contributed by atoms with E-state index in [0.717, 1.165) is 27.9 Å². The van der Waals surface area contributed by atoms with Crippen LogP contribution in [0.15, 0.2) is 59.7 Å². The minimum absolute atomic E-state index is 0.145. The summed E-state index contributed by atoms with van der Waals surface area (Å²) in [5.74, 6) is 0.502. The van der Waals surface area contributed by atoms with Gasteiger partial charge in [-0.05, 0) is 48.4 Å². The van der Waals surface area contributed by atoms with Crippen LogP contribution in [-0.4, -0.2) is 23.0 Å². The Hall–Kier alpha value is -3.41. The molecule has 2 N–H and O–H groups in total. The summed E-state index contributed by atoms with van der Waals surface area (Å²) < 4.78 is 5.59. The second-order valence-corrected chi connectivity index (χ2v) is 6.24. The molecule has 1 aromatic carbocycles. The number of aromatic amines is 1. The SMILES string of the molecule is COc1cc(C(NC(C)=O)c2ccccn2)c(C)cc1-c1ccc(=O)[nH]c1. The van der Waals surface area contributed by atoms with Crippen LogP contribution in [0, 0.1) is 6.92 Å². The van der Waals surface area contributed by atoms with Gasteiger partial charge in [0.15, 0.2) is 0 Å². The molecule has 1 unspecified atom stereocenters. The first-order valence-corrected chi connectivity index (χ1v) is 8.55. The number of aromatic nitrogens is 2. The largest absolute Gasteiger partial charge is 0.496 e. The highest BCUT2D eigenvalue weighted by Crippen LogP contribution is 2.35. The van der Waals surface area contributed by atoms with Crippen LogP contribution >= 0.6 is 0 Å². The van der Waals surface area contributed by atoms with Gasteiger partial charge in [-0.3, -0.25) is 14.6 Å². The average Bonchev–Trinajstić information content (AvgIpc) is 2.67. The van der Waals surface area contributed by atoms with E-state index in [1.807, 2.05) is 37.3 Å². The number of rotatable bonds is 5. The highest BCUT2D eigenvalue weighted by atomic mass is 16.5. The zero-order chi connectivity index (χ0) is 19.4. The van der Waals surface area contributed by atoms with Crippen LogP contribution in [0.2, 0.25) is 0 Å². The molecular weight excluding hydrogens is 342 g/mol. The molecule has 0 bridgehead atoms. The van der Waals surface area contributed by atoms with Crippen LogP contribution < -0.4 is 15.6 Å². The number of ether oxygens (including phenoxy) is 1. The predicted octanol–water partition coefficient (Wildman–Crippen LogP) is 2.98. The first kappa shape index (κ1) is 18.4. The van der Waals surface area contributed by atoms with Gasteiger partial charge in [-0.1, -0.05) is 6.07 Å². The van der Waals surface area contributed by atoms with Gasteiger partial charge in [0.25, 0.3) is 0 Å². The van der Waals surface area contributed by atoms with Crippen LogP contribution in [0.4, 0.5) is 0 Å². The zero-order valence-corrected chi connectivity index (χ0v) is 15.4. The minimum Gasteiger partial charge on any atom is -0.496 e. The molecule has 138 valence electrons. The van der Waals surface area contributed by atoms with Crippen LogP contribution in [-0.2, 0) is 4.79 Å². The Labute approximate surface area is 157 Å². The van der Waals surface area contributed by atoms with E-state index in [0.29, 0.717) is 5.75 Å². The number of benzene rings is 1. The van der Waals surface area contributed by atoms with Gasteiger partial charge in [0, 0.05) is 36.5 Å². The number of carbonyl (C=O) groups excluding carboxylic acids is 1. The van der Waals surface area contributed by atoms with Crippen molar-refractivity contribution < 1.29 is 9.53 Å². The summed E-state index contributed by atoms with van der Waals surface area (Å²) in [7, 11) is 1.60. The lowest BCUT2D eigenvalue weighted by Crippen LogP contribution is -2.28. The summed E-state index contributed by atoms with van der Waals surface area (Å²) in [6.07, 6.45) is 3.36. The molecule has 0 fully saturated rings. The summed E-state index contributed by atoms with van der Waals surface area (Å²) in [4.78, 5) is 30.2. The highest BCUT2D eigenvalue weighted by molar-refractivity contribution is 5.75. The third-order valence-corrected chi connectivity index (χ3v) is 4.33. The molecule has 6 nitrogen and oxygen atoms in total. The fourth-order valence-electron chi connectivity index (χ4n) is 3.05. The van der Waals surface area contributed by atoms with Gasteiger partial charge < -0.3 is 15.0 Å². The van der Waals surface area contributed by atoms with E-state index in [1.54, 1.807) is 25.6 Å². The van der Waals surface area contributed by atoms with E-state index in [1.165, 1.54) is 13.0 Å². The molecule has 1 amide bonds. The smallest absolute Gasteiger partial charge is 0.247 e. The quantitative estimate of drug-likeness (QED) is 0.730. The Morgan fingerprint density at radius 3 is 2.63 bits per heavy atom. The van der Waals surface area contributed by atoms with Gasteiger partial charge in [-0.25, -0.2) is 0 Å². The van der Waals surface area contributed by atoms with Crippen LogP contribution in [0.3, 0.4) is 0 Å². The van der Waals surface area contributed by atoms with Crippen LogP contribution in [0.5, 0.6) is 5.75 Å². The Balaban J connectivity index is 2.13. The lowest BCUT2D eigenvalue weighted by atomic mass is 9.93. The molecule has 0 aliphatic heterocycles. The number of hydrogen-bond acceptors (Lipinski definition) is 4. The van der Waals surface area contributed by atoms with Crippen molar-refractivity contribution in [1.29, 1.82) is 0 Å². The molecule has 0 radical (unpaired) electrons. The number of pyridine rings is 2. The lowest BCUT2D eigenvalue weighted by molar-refractivity contribution is -0.119. The molecule has 0 aliphatic rings. The summed E-state index contributed by atoms with van der Waals surface area (Å²) in [6.45, 7) is 3.46. The van der Waals surface area contributed by atoms with E-state index in [-0.39, 0.29) is 17.5 Å². The number of H-pyrrole nitrogens is 1. The minimum atomic E-state index is -0.387. The fraction of sp³-hybridized carbons (Fsp3) is 0.190. The van der Waals surface area contributed by atoms with Gasteiger partial charge in [-0.15, -0.1) is 0 Å². The second kappa shape index (κ2) is 7.86. The second-order valence-electron chi connectivity index (χ2n) is 6.24. The highest BCUT2D eigenvalue weighted by Gasteiger charge is 2.21. The lowest BCUT2D eigenvalue weighted by Gasteiger charge is -2.22. The Kier molecular flexibility index (Phi) is 5.35. The number of aryl methyl sites for hydroxylation is 1. The molecule has 0 aliphatic carbocycles. The molecule has 2 heterocycles.